The molecule has 1 amide bonds. The summed E-state index contributed by atoms with van der Waals surface area (Å²) in [5.41, 5.74) is 3.22. The average molecular weight is 425 g/mol. The van der Waals surface area contributed by atoms with Crippen LogP contribution in [-0.2, 0) is 6.61 Å². The number of phenolic OH excluding ortho intramolecular Hbond substituents is 1. The number of furan rings is 1. The Bertz CT molecular complexity index is 1140. The molecule has 10 nitrogen and oxygen atoms in total. The third kappa shape index (κ3) is 5.18. The molecule has 2 N–H and O–H groups in total. The zero-order valence-corrected chi connectivity index (χ0v) is 16.7. The SMILES string of the molecule is COc1cccc(/C=N\NC(=O)c2ccc(COc3ccc(C)cc3[N+](=O)[O-])o2)c1O. The van der Waals surface area contributed by atoms with Crippen LogP contribution < -0.4 is 14.9 Å². The molecule has 0 aliphatic carbocycles. The Morgan fingerprint density at radius 1 is 1.26 bits per heavy atom. The van der Waals surface area contributed by atoms with E-state index in [1.54, 1.807) is 31.2 Å². The highest BCUT2D eigenvalue weighted by molar-refractivity contribution is 5.93. The van der Waals surface area contributed by atoms with Crippen molar-refractivity contribution in [2.75, 3.05) is 7.11 Å². The van der Waals surface area contributed by atoms with E-state index >= 15 is 0 Å². The fourth-order valence-electron chi connectivity index (χ4n) is 2.64. The Balaban J connectivity index is 1.61. The van der Waals surface area contributed by atoms with Crippen LogP contribution in [0.4, 0.5) is 5.69 Å². The van der Waals surface area contributed by atoms with Crippen LogP contribution >= 0.6 is 0 Å². The number of benzene rings is 2. The van der Waals surface area contributed by atoms with Gasteiger partial charge < -0.3 is 19.0 Å². The lowest BCUT2D eigenvalue weighted by atomic mass is 10.2. The first-order valence-electron chi connectivity index (χ1n) is 9.05. The smallest absolute Gasteiger partial charge is 0.311 e. The summed E-state index contributed by atoms with van der Waals surface area (Å²) in [6, 6.07) is 12.4. The van der Waals surface area contributed by atoms with E-state index in [0.29, 0.717) is 11.3 Å². The maximum absolute atomic E-state index is 12.2. The van der Waals surface area contributed by atoms with Gasteiger partial charge in [0.2, 0.25) is 0 Å². The van der Waals surface area contributed by atoms with Crippen molar-refractivity contribution in [3.8, 4) is 17.2 Å². The van der Waals surface area contributed by atoms with Gasteiger partial charge in [-0.2, -0.15) is 5.10 Å². The van der Waals surface area contributed by atoms with Crippen molar-refractivity contribution in [1.29, 1.82) is 0 Å². The number of amides is 1. The Labute approximate surface area is 176 Å². The number of rotatable bonds is 8. The van der Waals surface area contributed by atoms with Crippen molar-refractivity contribution < 1.29 is 28.7 Å². The lowest BCUT2D eigenvalue weighted by Crippen LogP contribution is -2.16. The van der Waals surface area contributed by atoms with Gasteiger partial charge in [0.05, 0.1) is 18.2 Å². The minimum Gasteiger partial charge on any atom is -0.504 e. The van der Waals surface area contributed by atoms with Gasteiger partial charge >= 0.3 is 11.6 Å². The van der Waals surface area contributed by atoms with Gasteiger partial charge in [0, 0.05) is 11.6 Å². The Morgan fingerprint density at radius 2 is 2.06 bits per heavy atom. The third-order valence-electron chi connectivity index (χ3n) is 4.19. The summed E-state index contributed by atoms with van der Waals surface area (Å²) in [6.07, 6.45) is 1.26. The highest BCUT2D eigenvalue weighted by atomic mass is 16.6. The number of hydrazone groups is 1. The summed E-state index contributed by atoms with van der Waals surface area (Å²) in [5, 5.41) is 24.9. The van der Waals surface area contributed by atoms with E-state index < -0.39 is 10.8 Å². The molecule has 3 aromatic rings. The molecule has 2 aromatic carbocycles. The molecule has 0 unspecified atom stereocenters. The van der Waals surface area contributed by atoms with Crippen LogP contribution in [0.1, 0.15) is 27.4 Å². The fourth-order valence-corrected chi connectivity index (χ4v) is 2.64. The van der Waals surface area contributed by atoms with Crippen molar-refractivity contribution in [2.45, 2.75) is 13.5 Å². The molecule has 0 saturated heterocycles. The number of hydrogen-bond donors (Lipinski definition) is 2. The lowest BCUT2D eigenvalue weighted by Gasteiger charge is -2.05. The van der Waals surface area contributed by atoms with Crippen LogP contribution in [0, 0.1) is 17.0 Å². The maximum Gasteiger partial charge on any atom is 0.311 e. The molecule has 0 atom stereocenters. The van der Waals surface area contributed by atoms with Crippen molar-refractivity contribution in [3.63, 3.8) is 0 Å². The summed E-state index contributed by atoms with van der Waals surface area (Å²) >= 11 is 0. The zero-order chi connectivity index (χ0) is 22.4. The van der Waals surface area contributed by atoms with Crippen LogP contribution in [0.15, 0.2) is 58.0 Å². The minimum atomic E-state index is -0.619. The summed E-state index contributed by atoms with van der Waals surface area (Å²) in [5.74, 6) is -0.0734. The number of phenols is 1. The largest absolute Gasteiger partial charge is 0.504 e. The average Bonchev–Trinajstić information content (AvgIpc) is 3.23. The van der Waals surface area contributed by atoms with Crippen molar-refractivity contribution in [1.82, 2.24) is 5.43 Å². The first-order chi connectivity index (χ1) is 14.9. The van der Waals surface area contributed by atoms with Crippen molar-refractivity contribution in [3.05, 3.63) is 81.3 Å². The number of aromatic hydroxyl groups is 1. The van der Waals surface area contributed by atoms with Gasteiger partial charge in [-0.1, -0.05) is 12.1 Å². The molecule has 1 aromatic heterocycles. The van der Waals surface area contributed by atoms with Gasteiger partial charge in [0.25, 0.3) is 0 Å². The number of nitrogens with zero attached hydrogens (tertiary/aromatic N) is 2. The van der Waals surface area contributed by atoms with Crippen LogP contribution in [0.5, 0.6) is 17.2 Å². The van der Waals surface area contributed by atoms with Gasteiger partial charge in [-0.15, -0.1) is 0 Å². The number of carbonyl (C=O) groups is 1. The summed E-state index contributed by atoms with van der Waals surface area (Å²) < 4.78 is 15.9. The molecule has 0 spiro atoms. The topological polar surface area (TPSA) is 136 Å². The van der Waals surface area contributed by atoms with Gasteiger partial charge in [0.1, 0.15) is 12.4 Å². The first-order valence-corrected chi connectivity index (χ1v) is 9.05. The number of hydrogen-bond acceptors (Lipinski definition) is 8. The predicted octanol–water partition coefficient (Wildman–Crippen LogP) is 3.55. The van der Waals surface area contributed by atoms with E-state index in [4.69, 9.17) is 13.9 Å². The highest BCUT2D eigenvalue weighted by Gasteiger charge is 2.17. The molecule has 0 aliphatic heterocycles. The van der Waals surface area contributed by atoms with Crippen LogP contribution in [0.3, 0.4) is 0 Å². The second-order valence-corrected chi connectivity index (χ2v) is 6.38. The predicted molar refractivity (Wildman–Crippen MR) is 111 cm³/mol. The van der Waals surface area contributed by atoms with Gasteiger partial charge in [-0.25, -0.2) is 5.43 Å². The first kappa shape index (κ1) is 21.4. The quantitative estimate of drug-likeness (QED) is 0.320. The molecule has 0 saturated carbocycles. The molecule has 0 aliphatic rings. The molecule has 1 heterocycles. The van der Waals surface area contributed by atoms with E-state index in [1.807, 2.05) is 0 Å². The fraction of sp³-hybridized carbons (Fsp3) is 0.143. The van der Waals surface area contributed by atoms with Gasteiger partial charge in [-0.05, 0) is 42.8 Å². The number of ether oxygens (including phenoxy) is 2. The summed E-state index contributed by atoms with van der Waals surface area (Å²) in [4.78, 5) is 22.8. The second-order valence-electron chi connectivity index (χ2n) is 6.38. The number of nitro groups is 1. The monoisotopic (exact) mass is 425 g/mol. The van der Waals surface area contributed by atoms with E-state index in [-0.39, 0.29) is 35.3 Å². The molecule has 10 heteroatoms. The number of methoxy groups -OCH3 is 1. The number of para-hydroxylation sites is 1. The molecular weight excluding hydrogens is 406 g/mol. The number of nitrogens with one attached hydrogen (secondary N) is 1. The molecule has 0 fully saturated rings. The van der Waals surface area contributed by atoms with E-state index in [0.717, 1.165) is 5.56 Å². The lowest BCUT2D eigenvalue weighted by molar-refractivity contribution is -0.386. The molecule has 160 valence electrons. The molecule has 0 radical (unpaired) electrons. The summed E-state index contributed by atoms with van der Waals surface area (Å²) in [7, 11) is 1.42. The van der Waals surface area contributed by atoms with Crippen LogP contribution in [-0.4, -0.2) is 29.3 Å². The van der Waals surface area contributed by atoms with Crippen molar-refractivity contribution >= 4 is 17.8 Å². The Kier molecular flexibility index (Phi) is 6.51. The molecule has 3 rings (SSSR count). The van der Waals surface area contributed by atoms with Crippen LogP contribution in [0.2, 0.25) is 0 Å². The van der Waals surface area contributed by atoms with Crippen molar-refractivity contribution in [2.24, 2.45) is 5.10 Å². The molecule has 0 bridgehead atoms. The Hall–Kier alpha value is -4.34. The maximum atomic E-state index is 12.2. The number of nitro benzene ring substituents is 1. The van der Waals surface area contributed by atoms with E-state index in [9.17, 15) is 20.0 Å². The second kappa shape index (κ2) is 9.44. The minimum absolute atomic E-state index is 0.0241. The van der Waals surface area contributed by atoms with Gasteiger partial charge in [-0.3, -0.25) is 14.9 Å². The number of carbonyl (C=O) groups excluding carboxylic acids is 1. The molecular formula is C21H19N3O7. The van der Waals surface area contributed by atoms with Gasteiger partial charge in [0.15, 0.2) is 23.0 Å². The van der Waals surface area contributed by atoms with E-state index in [1.165, 1.54) is 37.6 Å². The Morgan fingerprint density at radius 3 is 2.81 bits per heavy atom. The van der Waals surface area contributed by atoms with Crippen LogP contribution in [0.25, 0.3) is 0 Å². The zero-order valence-electron chi connectivity index (χ0n) is 16.7. The normalized spacial score (nSPS) is 10.8. The summed E-state index contributed by atoms with van der Waals surface area (Å²) in [6.45, 7) is 1.64. The number of aryl methyl sites for hydroxylation is 1. The third-order valence-corrected chi connectivity index (χ3v) is 4.19. The highest BCUT2D eigenvalue weighted by Crippen LogP contribution is 2.29. The van der Waals surface area contributed by atoms with E-state index in [2.05, 4.69) is 10.5 Å². The molecule has 31 heavy (non-hydrogen) atoms. The standard InChI is InChI=1S/C21H19N3O7/c1-13-6-8-17(16(10-13)24(27)28)30-12-15-7-9-19(31-15)21(26)23-22-11-14-4-3-5-18(29-2)20(14)25/h3-11,25H,12H2,1-2H3,(H,23,26)/b22-11-.